The Kier molecular flexibility index (Phi) is 4.68. The highest BCUT2D eigenvalue weighted by Crippen LogP contribution is 2.38. The Bertz CT molecular complexity index is 711. The largest absolute Gasteiger partial charge is 0.339 e. The van der Waals surface area contributed by atoms with Crippen LogP contribution in [0.2, 0.25) is 0 Å². The van der Waals surface area contributed by atoms with Crippen molar-refractivity contribution in [1.82, 2.24) is 20.4 Å². The van der Waals surface area contributed by atoms with Crippen molar-refractivity contribution in [2.24, 2.45) is 5.92 Å². The van der Waals surface area contributed by atoms with Gasteiger partial charge in [0, 0.05) is 32.0 Å². The molecule has 1 saturated heterocycles. The zero-order valence-electron chi connectivity index (χ0n) is 14.4. The summed E-state index contributed by atoms with van der Waals surface area (Å²) in [5.41, 5.74) is 1.11. The molecule has 1 aliphatic heterocycles. The quantitative estimate of drug-likeness (QED) is 0.908. The van der Waals surface area contributed by atoms with Gasteiger partial charge in [-0.25, -0.2) is 4.79 Å². The monoisotopic (exact) mass is 340 g/mol. The van der Waals surface area contributed by atoms with Crippen LogP contribution in [0, 0.1) is 5.92 Å². The standard InChI is InChI=1S/C19H24N4O2/c24-19(20-12-14-5-2-1-3-6-14)23-10-4-7-15(13-23)11-17-21-18(22-25-17)16-8-9-16/h1-3,5-6,15-16H,4,7-13H2,(H,20,24)/t15-/m0/s1. The van der Waals surface area contributed by atoms with Crippen molar-refractivity contribution in [3.63, 3.8) is 0 Å². The number of aromatic nitrogens is 2. The number of hydrogen-bond donors (Lipinski definition) is 1. The van der Waals surface area contributed by atoms with E-state index in [1.54, 1.807) is 0 Å². The number of carbonyl (C=O) groups is 1. The summed E-state index contributed by atoms with van der Waals surface area (Å²) in [6.07, 6.45) is 5.24. The lowest BCUT2D eigenvalue weighted by Gasteiger charge is -2.32. The number of likely N-dealkylation sites (tertiary alicyclic amines) is 1. The van der Waals surface area contributed by atoms with Crippen LogP contribution in [-0.2, 0) is 13.0 Å². The Balaban J connectivity index is 1.28. The van der Waals surface area contributed by atoms with Crippen molar-refractivity contribution in [3.05, 3.63) is 47.6 Å². The average Bonchev–Trinajstić information content (AvgIpc) is 3.40. The molecule has 0 unspecified atom stereocenters. The van der Waals surface area contributed by atoms with Crippen LogP contribution in [0.15, 0.2) is 34.9 Å². The minimum absolute atomic E-state index is 0.0118. The van der Waals surface area contributed by atoms with Crippen molar-refractivity contribution >= 4 is 6.03 Å². The van der Waals surface area contributed by atoms with E-state index in [0.29, 0.717) is 18.4 Å². The van der Waals surface area contributed by atoms with E-state index in [0.717, 1.165) is 49.6 Å². The first-order valence-corrected chi connectivity index (χ1v) is 9.17. The summed E-state index contributed by atoms with van der Waals surface area (Å²) in [6, 6.07) is 10.0. The summed E-state index contributed by atoms with van der Waals surface area (Å²) >= 11 is 0. The fourth-order valence-corrected chi connectivity index (χ4v) is 3.41. The predicted octanol–water partition coefficient (Wildman–Crippen LogP) is 3.11. The molecular weight excluding hydrogens is 316 g/mol. The van der Waals surface area contributed by atoms with Crippen LogP contribution in [0.25, 0.3) is 0 Å². The van der Waals surface area contributed by atoms with Gasteiger partial charge in [-0.15, -0.1) is 0 Å². The Hall–Kier alpha value is -2.37. The van der Waals surface area contributed by atoms with Crippen molar-refractivity contribution in [2.75, 3.05) is 13.1 Å². The molecule has 4 rings (SSSR count). The van der Waals surface area contributed by atoms with Crippen molar-refractivity contribution in [2.45, 2.75) is 44.6 Å². The van der Waals surface area contributed by atoms with E-state index in [4.69, 9.17) is 4.52 Å². The highest BCUT2D eigenvalue weighted by Gasteiger charge is 2.30. The van der Waals surface area contributed by atoms with E-state index in [2.05, 4.69) is 15.5 Å². The van der Waals surface area contributed by atoms with Crippen LogP contribution < -0.4 is 5.32 Å². The van der Waals surface area contributed by atoms with E-state index in [1.807, 2.05) is 35.2 Å². The van der Waals surface area contributed by atoms with E-state index in [9.17, 15) is 4.79 Å². The third-order valence-electron chi connectivity index (χ3n) is 4.98. The second-order valence-corrected chi connectivity index (χ2v) is 7.12. The van der Waals surface area contributed by atoms with E-state index in [-0.39, 0.29) is 6.03 Å². The number of benzene rings is 1. The number of nitrogens with one attached hydrogen (secondary N) is 1. The number of piperidine rings is 1. The first-order valence-electron chi connectivity index (χ1n) is 9.17. The smallest absolute Gasteiger partial charge is 0.317 e. The van der Waals surface area contributed by atoms with Crippen LogP contribution in [-0.4, -0.2) is 34.2 Å². The predicted molar refractivity (Wildman–Crippen MR) is 93.0 cm³/mol. The molecule has 1 aromatic carbocycles. The summed E-state index contributed by atoms with van der Waals surface area (Å²) in [4.78, 5) is 18.9. The minimum atomic E-state index is 0.0118. The first kappa shape index (κ1) is 16.1. The molecule has 0 radical (unpaired) electrons. The van der Waals surface area contributed by atoms with Crippen LogP contribution in [0.4, 0.5) is 4.79 Å². The van der Waals surface area contributed by atoms with Gasteiger partial charge in [0.05, 0.1) is 0 Å². The van der Waals surface area contributed by atoms with Gasteiger partial charge in [-0.1, -0.05) is 35.5 Å². The number of carbonyl (C=O) groups excluding carboxylic acids is 1. The summed E-state index contributed by atoms with van der Waals surface area (Å²) in [7, 11) is 0. The van der Waals surface area contributed by atoms with Gasteiger partial charge in [0.2, 0.25) is 5.89 Å². The molecule has 0 spiro atoms. The lowest BCUT2D eigenvalue weighted by molar-refractivity contribution is 0.161. The van der Waals surface area contributed by atoms with Crippen molar-refractivity contribution in [3.8, 4) is 0 Å². The molecular formula is C19H24N4O2. The maximum Gasteiger partial charge on any atom is 0.317 e. The second kappa shape index (κ2) is 7.25. The molecule has 1 saturated carbocycles. The van der Waals surface area contributed by atoms with Crippen LogP contribution in [0.1, 0.15) is 48.9 Å². The van der Waals surface area contributed by atoms with Crippen LogP contribution >= 0.6 is 0 Å². The first-order chi connectivity index (χ1) is 12.3. The molecule has 2 amide bonds. The maximum atomic E-state index is 12.4. The Morgan fingerprint density at radius 3 is 2.88 bits per heavy atom. The third kappa shape index (κ3) is 4.18. The molecule has 1 atom stereocenters. The lowest BCUT2D eigenvalue weighted by Crippen LogP contribution is -2.45. The maximum absolute atomic E-state index is 12.4. The van der Waals surface area contributed by atoms with Crippen molar-refractivity contribution < 1.29 is 9.32 Å². The van der Waals surface area contributed by atoms with Crippen LogP contribution in [0.5, 0.6) is 0 Å². The fraction of sp³-hybridized carbons (Fsp3) is 0.526. The fourth-order valence-electron chi connectivity index (χ4n) is 3.41. The van der Waals surface area contributed by atoms with E-state index in [1.165, 1.54) is 12.8 Å². The number of hydrogen-bond acceptors (Lipinski definition) is 4. The summed E-state index contributed by atoms with van der Waals surface area (Å²) in [6.45, 7) is 2.13. The molecule has 2 fully saturated rings. The molecule has 2 aromatic rings. The van der Waals surface area contributed by atoms with Gasteiger partial charge in [-0.3, -0.25) is 0 Å². The Morgan fingerprint density at radius 1 is 1.24 bits per heavy atom. The van der Waals surface area contributed by atoms with Gasteiger partial charge < -0.3 is 14.7 Å². The molecule has 1 aromatic heterocycles. The topological polar surface area (TPSA) is 71.3 Å². The normalized spacial score (nSPS) is 20.5. The molecule has 6 heteroatoms. The zero-order valence-corrected chi connectivity index (χ0v) is 14.4. The molecule has 1 aliphatic carbocycles. The molecule has 6 nitrogen and oxygen atoms in total. The molecule has 0 bridgehead atoms. The second-order valence-electron chi connectivity index (χ2n) is 7.12. The Labute approximate surface area is 147 Å². The van der Waals surface area contributed by atoms with Gasteiger partial charge >= 0.3 is 6.03 Å². The molecule has 2 heterocycles. The number of amides is 2. The highest BCUT2D eigenvalue weighted by atomic mass is 16.5. The molecule has 1 N–H and O–H groups in total. The molecule has 25 heavy (non-hydrogen) atoms. The SMILES string of the molecule is O=C(NCc1ccccc1)N1CCC[C@@H](Cc2nc(C3CC3)no2)C1. The average molecular weight is 340 g/mol. The van der Waals surface area contributed by atoms with Gasteiger partial charge in [-0.05, 0) is 37.2 Å². The van der Waals surface area contributed by atoms with Gasteiger partial charge in [0.25, 0.3) is 0 Å². The van der Waals surface area contributed by atoms with Gasteiger partial charge in [-0.2, -0.15) is 4.98 Å². The van der Waals surface area contributed by atoms with E-state index >= 15 is 0 Å². The number of urea groups is 1. The minimum Gasteiger partial charge on any atom is -0.339 e. The highest BCUT2D eigenvalue weighted by molar-refractivity contribution is 5.74. The van der Waals surface area contributed by atoms with E-state index < -0.39 is 0 Å². The molecule has 2 aliphatic rings. The van der Waals surface area contributed by atoms with Crippen molar-refractivity contribution in [1.29, 1.82) is 0 Å². The number of rotatable bonds is 5. The lowest BCUT2D eigenvalue weighted by atomic mass is 9.95. The Morgan fingerprint density at radius 2 is 2.08 bits per heavy atom. The summed E-state index contributed by atoms with van der Waals surface area (Å²) in [5, 5.41) is 7.10. The number of nitrogens with zero attached hydrogens (tertiary/aromatic N) is 3. The van der Waals surface area contributed by atoms with Crippen LogP contribution in [0.3, 0.4) is 0 Å². The molecule has 132 valence electrons. The van der Waals surface area contributed by atoms with Gasteiger partial charge in [0.15, 0.2) is 5.82 Å². The summed E-state index contributed by atoms with van der Waals surface area (Å²) in [5.74, 6) is 2.49. The van der Waals surface area contributed by atoms with Gasteiger partial charge in [0.1, 0.15) is 0 Å². The summed E-state index contributed by atoms with van der Waals surface area (Å²) < 4.78 is 5.39. The zero-order chi connectivity index (χ0) is 17.1. The third-order valence-corrected chi connectivity index (χ3v) is 4.98.